The van der Waals surface area contributed by atoms with Gasteiger partial charge in [0.25, 0.3) is 0 Å². The van der Waals surface area contributed by atoms with Crippen molar-refractivity contribution in [2.24, 2.45) is 0 Å². The quantitative estimate of drug-likeness (QED) is 0.336. The Labute approximate surface area is 173 Å². The van der Waals surface area contributed by atoms with E-state index < -0.39 is 0 Å². The minimum absolute atomic E-state index is 0.951. The molecule has 1 aliphatic carbocycles. The van der Waals surface area contributed by atoms with Gasteiger partial charge in [-0.2, -0.15) is 0 Å². The summed E-state index contributed by atoms with van der Waals surface area (Å²) in [4.78, 5) is 2.39. The molecule has 1 aliphatic rings. The normalized spacial score (nSPS) is 12.1. The molecule has 1 heteroatoms. The molecule has 5 rings (SSSR count). The van der Waals surface area contributed by atoms with Crippen LogP contribution in [0.4, 0.5) is 0 Å². The number of rotatable bonds is 5. The zero-order chi connectivity index (χ0) is 19.6. The van der Waals surface area contributed by atoms with Crippen LogP contribution in [0.2, 0.25) is 0 Å². The Balaban J connectivity index is 1.26. The van der Waals surface area contributed by atoms with E-state index >= 15 is 0 Å². The lowest BCUT2D eigenvalue weighted by molar-refractivity contribution is 0.319. The standard InChI is InChI=1S/C28H25N/c1-29(19-21-11-14-24(15-12-21)23-7-3-2-4-8-23)20-22-13-16-28-26(17-22)18-25-9-5-6-10-27(25)28/h2-17H,18-20H2,1H3. The Morgan fingerprint density at radius 2 is 1.21 bits per heavy atom. The number of nitrogens with zero attached hydrogens (tertiary/aromatic N) is 1. The molecule has 0 saturated carbocycles. The van der Waals surface area contributed by atoms with Crippen molar-refractivity contribution in [1.82, 2.24) is 4.90 Å². The van der Waals surface area contributed by atoms with E-state index in [-0.39, 0.29) is 0 Å². The number of hydrogen-bond donors (Lipinski definition) is 0. The van der Waals surface area contributed by atoms with Gasteiger partial charge in [0.05, 0.1) is 0 Å². The molecule has 0 unspecified atom stereocenters. The molecule has 0 fully saturated rings. The van der Waals surface area contributed by atoms with Gasteiger partial charge in [0.15, 0.2) is 0 Å². The molecule has 4 aromatic rings. The van der Waals surface area contributed by atoms with Crippen molar-refractivity contribution in [2.45, 2.75) is 19.5 Å². The van der Waals surface area contributed by atoms with Gasteiger partial charge in [-0.1, -0.05) is 97.1 Å². The highest BCUT2D eigenvalue weighted by Crippen LogP contribution is 2.36. The van der Waals surface area contributed by atoms with Crippen LogP contribution in [-0.4, -0.2) is 11.9 Å². The molecule has 0 heterocycles. The molecular formula is C28H25N. The molecule has 4 aromatic carbocycles. The Kier molecular flexibility index (Phi) is 4.75. The van der Waals surface area contributed by atoms with E-state index in [1.807, 2.05) is 0 Å². The van der Waals surface area contributed by atoms with Crippen molar-refractivity contribution in [3.63, 3.8) is 0 Å². The average molecular weight is 376 g/mol. The van der Waals surface area contributed by atoms with Crippen LogP contribution in [0.25, 0.3) is 22.3 Å². The fourth-order valence-corrected chi connectivity index (χ4v) is 4.41. The molecule has 0 spiro atoms. The van der Waals surface area contributed by atoms with E-state index in [0.29, 0.717) is 0 Å². The van der Waals surface area contributed by atoms with Crippen LogP contribution >= 0.6 is 0 Å². The molecule has 0 N–H and O–H groups in total. The van der Waals surface area contributed by atoms with Crippen LogP contribution in [0.5, 0.6) is 0 Å². The first-order valence-electron chi connectivity index (χ1n) is 10.3. The van der Waals surface area contributed by atoms with E-state index in [9.17, 15) is 0 Å². The van der Waals surface area contributed by atoms with Crippen LogP contribution in [0.3, 0.4) is 0 Å². The molecule has 0 aromatic heterocycles. The molecule has 29 heavy (non-hydrogen) atoms. The third-order valence-corrected chi connectivity index (χ3v) is 5.82. The minimum atomic E-state index is 0.951. The molecular weight excluding hydrogens is 350 g/mol. The maximum Gasteiger partial charge on any atom is 0.0234 e. The van der Waals surface area contributed by atoms with Gasteiger partial charge in [0, 0.05) is 13.1 Å². The van der Waals surface area contributed by atoms with E-state index in [1.54, 1.807) is 0 Å². The summed E-state index contributed by atoms with van der Waals surface area (Å²) in [5.41, 5.74) is 11.0. The third kappa shape index (κ3) is 3.74. The van der Waals surface area contributed by atoms with E-state index in [4.69, 9.17) is 0 Å². The number of benzene rings is 4. The fraction of sp³-hybridized carbons (Fsp3) is 0.143. The molecule has 1 nitrogen and oxygen atoms in total. The summed E-state index contributed by atoms with van der Waals surface area (Å²) < 4.78 is 0. The molecule has 0 bridgehead atoms. The average Bonchev–Trinajstić information content (AvgIpc) is 3.12. The predicted molar refractivity (Wildman–Crippen MR) is 122 cm³/mol. The maximum absolute atomic E-state index is 2.39. The summed E-state index contributed by atoms with van der Waals surface area (Å²) in [7, 11) is 2.20. The molecule has 0 saturated heterocycles. The van der Waals surface area contributed by atoms with E-state index in [0.717, 1.165) is 19.5 Å². The summed E-state index contributed by atoms with van der Waals surface area (Å²) >= 11 is 0. The van der Waals surface area contributed by atoms with Crippen LogP contribution in [0, 0.1) is 0 Å². The number of hydrogen-bond acceptors (Lipinski definition) is 1. The highest BCUT2D eigenvalue weighted by atomic mass is 15.1. The summed E-state index contributed by atoms with van der Waals surface area (Å²) in [5.74, 6) is 0. The second kappa shape index (κ2) is 7.69. The molecule has 0 atom stereocenters. The van der Waals surface area contributed by atoms with E-state index in [1.165, 1.54) is 44.5 Å². The smallest absolute Gasteiger partial charge is 0.0234 e. The summed E-state index contributed by atoms with van der Waals surface area (Å²) in [6.45, 7) is 1.91. The molecule has 0 radical (unpaired) electrons. The van der Waals surface area contributed by atoms with Gasteiger partial charge in [-0.05, 0) is 58.0 Å². The molecule has 0 amide bonds. The van der Waals surface area contributed by atoms with Gasteiger partial charge in [-0.15, -0.1) is 0 Å². The lowest BCUT2D eigenvalue weighted by Gasteiger charge is -2.18. The van der Waals surface area contributed by atoms with Crippen LogP contribution in [-0.2, 0) is 19.5 Å². The van der Waals surface area contributed by atoms with Crippen molar-refractivity contribution in [3.05, 3.63) is 119 Å². The summed E-state index contributed by atoms with van der Waals surface area (Å²) in [5, 5.41) is 0. The van der Waals surface area contributed by atoms with Crippen molar-refractivity contribution in [2.75, 3.05) is 7.05 Å². The van der Waals surface area contributed by atoms with Crippen molar-refractivity contribution in [3.8, 4) is 22.3 Å². The van der Waals surface area contributed by atoms with Crippen LogP contribution in [0.1, 0.15) is 22.3 Å². The fourth-order valence-electron chi connectivity index (χ4n) is 4.41. The van der Waals surface area contributed by atoms with Crippen molar-refractivity contribution >= 4 is 0 Å². The zero-order valence-electron chi connectivity index (χ0n) is 16.8. The SMILES string of the molecule is CN(Cc1ccc(-c2ccccc2)cc1)Cc1ccc2c(c1)Cc1ccccc1-2. The molecule has 142 valence electrons. The van der Waals surface area contributed by atoms with Crippen molar-refractivity contribution < 1.29 is 0 Å². The van der Waals surface area contributed by atoms with Crippen LogP contribution < -0.4 is 0 Å². The van der Waals surface area contributed by atoms with Gasteiger partial charge < -0.3 is 0 Å². The topological polar surface area (TPSA) is 3.24 Å². The van der Waals surface area contributed by atoms with Gasteiger partial charge in [0.2, 0.25) is 0 Å². The highest BCUT2D eigenvalue weighted by Gasteiger charge is 2.18. The van der Waals surface area contributed by atoms with Gasteiger partial charge in [0.1, 0.15) is 0 Å². The van der Waals surface area contributed by atoms with Crippen LogP contribution in [0.15, 0.2) is 97.1 Å². The zero-order valence-corrected chi connectivity index (χ0v) is 16.8. The summed E-state index contributed by atoms with van der Waals surface area (Å²) in [6, 6.07) is 35.3. The van der Waals surface area contributed by atoms with Crippen molar-refractivity contribution in [1.29, 1.82) is 0 Å². The Hall–Kier alpha value is -3.16. The van der Waals surface area contributed by atoms with Gasteiger partial charge in [-0.25, -0.2) is 0 Å². The maximum atomic E-state index is 2.39. The lowest BCUT2D eigenvalue weighted by Crippen LogP contribution is -2.17. The monoisotopic (exact) mass is 375 g/mol. The summed E-state index contributed by atoms with van der Waals surface area (Å²) in [6.07, 6.45) is 1.06. The van der Waals surface area contributed by atoms with Gasteiger partial charge in [-0.3, -0.25) is 4.90 Å². The first kappa shape index (κ1) is 17.9. The largest absolute Gasteiger partial charge is 0.298 e. The van der Waals surface area contributed by atoms with Gasteiger partial charge >= 0.3 is 0 Å². The second-order valence-electron chi connectivity index (χ2n) is 8.06. The minimum Gasteiger partial charge on any atom is -0.298 e. The molecule has 0 aliphatic heterocycles. The van der Waals surface area contributed by atoms with E-state index in [2.05, 4.69) is 109 Å². The second-order valence-corrected chi connectivity index (χ2v) is 8.06. The lowest BCUT2D eigenvalue weighted by atomic mass is 10.0. The Bertz CT molecular complexity index is 1130. The third-order valence-electron chi connectivity index (χ3n) is 5.82. The number of fused-ring (bicyclic) bond motifs is 3. The highest BCUT2D eigenvalue weighted by molar-refractivity contribution is 5.76. The first-order chi connectivity index (χ1) is 14.3. The first-order valence-corrected chi connectivity index (χ1v) is 10.3. The predicted octanol–water partition coefficient (Wildman–Crippen LogP) is 6.56. The Morgan fingerprint density at radius 1 is 0.586 bits per heavy atom. The Morgan fingerprint density at radius 3 is 2.03 bits per heavy atom.